The Kier molecular flexibility index (Phi) is 10.9. The standard InChI is InChI=1S/C31H36O6/c1-3-19-34-31-30(36-22-26-17-11-6-12-18-26)29(32-2)28(35-21-25-15-9-5-10-16-25)27(37-31)23-33-20-24-13-7-4-8-14-24/h3-18,27-31H,1,19-23H2,2H3/t27-,28-,29+,30-,31+/m1/s1. The lowest BCUT2D eigenvalue weighted by atomic mass is 9.98. The van der Waals surface area contributed by atoms with Crippen molar-refractivity contribution < 1.29 is 28.4 Å². The van der Waals surface area contributed by atoms with Crippen molar-refractivity contribution in [3.8, 4) is 0 Å². The summed E-state index contributed by atoms with van der Waals surface area (Å²) in [5.74, 6) is 0. The summed E-state index contributed by atoms with van der Waals surface area (Å²) in [6.07, 6.45) is -0.807. The maximum atomic E-state index is 6.44. The smallest absolute Gasteiger partial charge is 0.187 e. The molecule has 1 aliphatic rings. The zero-order valence-electron chi connectivity index (χ0n) is 21.3. The van der Waals surface area contributed by atoms with Gasteiger partial charge in [-0.2, -0.15) is 0 Å². The van der Waals surface area contributed by atoms with Gasteiger partial charge in [-0.05, 0) is 16.7 Å². The first-order chi connectivity index (χ1) is 18.3. The van der Waals surface area contributed by atoms with Crippen LogP contribution in [0.25, 0.3) is 0 Å². The number of hydrogen-bond acceptors (Lipinski definition) is 6. The molecule has 6 heteroatoms. The fourth-order valence-electron chi connectivity index (χ4n) is 4.36. The van der Waals surface area contributed by atoms with Gasteiger partial charge in [0.05, 0.1) is 33.0 Å². The van der Waals surface area contributed by atoms with Gasteiger partial charge in [0.15, 0.2) is 6.29 Å². The normalized spacial score (nSPS) is 23.5. The molecule has 0 spiro atoms. The first-order valence-electron chi connectivity index (χ1n) is 12.6. The van der Waals surface area contributed by atoms with Crippen LogP contribution in [0, 0.1) is 0 Å². The maximum absolute atomic E-state index is 6.44. The molecule has 1 fully saturated rings. The summed E-state index contributed by atoms with van der Waals surface area (Å²) in [5, 5.41) is 0. The summed E-state index contributed by atoms with van der Waals surface area (Å²) < 4.78 is 37.3. The molecule has 0 amide bonds. The molecule has 0 aromatic heterocycles. The Balaban J connectivity index is 1.51. The van der Waals surface area contributed by atoms with Crippen molar-refractivity contribution in [2.45, 2.75) is 50.5 Å². The highest BCUT2D eigenvalue weighted by Gasteiger charge is 2.48. The lowest BCUT2D eigenvalue weighted by molar-refractivity contribution is -0.322. The SMILES string of the molecule is C=CCO[C@H]1O[C@H](COCc2ccccc2)[C@@H](OCc2ccccc2)[C@H](OC)[C@H]1OCc1ccccc1. The van der Waals surface area contributed by atoms with E-state index in [1.165, 1.54) is 0 Å². The molecule has 0 radical (unpaired) electrons. The van der Waals surface area contributed by atoms with Gasteiger partial charge in [-0.25, -0.2) is 0 Å². The topological polar surface area (TPSA) is 55.4 Å². The first-order valence-corrected chi connectivity index (χ1v) is 12.6. The average Bonchev–Trinajstić information content (AvgIpc) is 2.96. The predicted molar refractivity (Wildman–Crippen MR) is 142 cm³/mol. The lowest BCUT2D eigenvalue weighted by Gasteiger charge is -2.45. The quantitative estimate of drug-likeness (QED) is 0.277. The van der Waals surface area contributed by atoms with E-state index < -0.39 is 30.7 Å². The van der Waals surface area contributed by atoms with E-state index in [4.69, 9.17) is 28.4 Å². The molecule has 196 valence electrons. The minimum absolute atomic E-state index is 0.313. The van der Waals surface area contributed by atoms with Gasteiger partial charge in [-0.3, -0.25) is 0 Å². The van der Waals surface area contributed by atoms with Crippen LogP contribution in [0.1, 0.15) is 16.7 Å². The van der Waals surface area contributed by atoms with Crippen LogP contribution in [-0.4, -0.2) is 51.0 Å². The van der Waals surface area contributed by atoms with Crippen molar-refractivity contribution in [2.24, 2.45) is 0 Å². The van der Waals surface area contributed by atoms with Gasteiger partial charge in [0.2, 0.25) is 0 Å². The van der Waals surface area contributed by atoms with Gasteiger partial charge < -0.3 is 28.4 Å². The third-order valence-electron chi connectivity index (χ3n) is 6.21. The molecule has 0 N–H and O–H groups in total. The summed E-state index contributed by atoms with van der Waals surface area (Å²) in [6.45, 7) is 5.68. The fourth-order valence-corrected chi connectivity index (χ4v) is 4.36. The highest BCUT2D eigenvalue weighted by molar-refractivity contribution is 5.15. The van der Waals surface area contributed by atoms with Gasteiger partial charge in [0.1, 0.15) is 24.4 Å². The number of rotatable bonds is 14. The fraction of sp³-hybridized carbons (Fsp3) is 0.355. The van der Waals surface area contributed by atoms with Crippen LogP contribution in [0.2, 0.25) is 0 Å². The minimum Gasteiger partial charge on any atom is -0.376 e. The van der Waals surface area contributed by atoms with E-state index >= 15 is 0 Å². The maximum Gasteiger partial charge on any atom is 0.187 e. The van der Waals surface area contributed by atoms with Crippen molar-refractivity contribution in [1.29, 1.82) is 0 Å². The van der Waals surface area contributed by atoms with Crippen LogP contribution in [0.5, 0.6) is 0 Å². The van der Waals surface area contributed by atoms with Gasteiger partial charge in [0, 0.05) is 7.11 Å². The van der Waals surface area contributed by atoms with E-state index in [1.54, 1.807) is 13.2 Å². The lowest BCUT2D eigenvalue weighted by Crippen LogP contribution is -2.61. The Morgan fingerprint density at radius 2 is 1.19 bits per heavy atom. The van der Waals surface area contributed by atoms with Crippen LogP contribution >= 0.6 is 0 Å². The number of hydrogen-bond donors (Lipinski definition) is 0. The highest BCUT2D eigenvalue weighted by atomic mass is 16.7. The monoisotopic (exact) mass is 504 g/mol. The second-order valence-electron chi connectivity index (χ2n) is 8.89. The molecule has 0 bridgehead atoms. The largest absolute Gasteiger partial charge is 0.376 e. The molecule has 0 aliphatic carbocycles. The molecule has 3 aromatic carbocycles. The van der Waals surface area contributed by atoms with Gasteiger partial charge in [0.25, 0.3) is 0 Å². The molecular formula is C31H36O6. The third-order valence-corrected chi connectivity index (χ3v) is 6.21. The number of benzene rings is 3. The molecule has 0 unspecified atom stereocenters. The Labute approximate surface area is 219 Å². The minimum atomic E-state index is -0.673. The van der Waals surface area contributed by atoms with Crippen molar-refractivity contribution in [1.82, 2.24) is 0 Å². The number of methoxy groups -OCH3 is 1. The summed E-state index contributed by atoms with van der Waals surface area (Å²) in [4.78, 5) is 0. The summed E-state index contributed by atoms with van der Waals surface area (Å²) in [7, 11) is 1.67. The van der Waals surface area contributed by atoms with E-state index in [0.717, 1.165) is 16.7 Å². The van der Waals surface area contributed by atoms with Gasteiger partial charge in [-0.1, -0.05) is 97.1 Å². The third kappa shape index (κ3) is 8.07. The van der Waals surface area contributed by atoms with Crippen LogP contribution in [0.3, 0.4) is 0 Å². The van der Waals surface area contributed by atoms with Crippen molar-refractivity contribution in [3.63, 3.8) is 0 Å². The molecule has 5 atom stereocenters. The molecule has 3 aromatic rings. The highest BCUT2D eigenvalue weighted by Crippen LogP contribution is 2.30. The second kappa shape index (κ2) is 14.8. The van der Waals surface area contributed by atoms with Crippen molar-refractivity contribution >= 4 is 0 Å². The average molecular weight is 505 g/mol. The van der Waals surface area contributed by atoms with Crippen molar-refractivity contribution in [2.75, 3.05) is 20.3 Å². The molecule has 1 saturated heterocycles. The van der Waals surface area contributed by atoms with Crippen LogP contribution < -0.4 is 0 Å². The zero-order chi connectivity index (χ0) is 25.7. The van der Waals surface area contributed by atoms with E-state index in [1.807, 2.05) is 91.0 Å². The van der Waals surface area contributed by atoms with Crippen LogP contribution in [-0.2, 0) is 48.2 Å². The molecule has 4 rings (SSSR count). The summed E-state index contributed by atoms with van der Waals surface area (Å²) in [6, 6.07) is 30.1. The molecule has 6 nitrogen and oxygen atoms in total. The first kappa shape index (κ1) is 27.2. The molecule has 0 saturated carbocycles. The Morgan fingerprint density at radius 1 is 0.676 bits per heavy atom. The van der Waals surface area contributed by atoms with E-state index in [0.29, 0.717) is 33.0 Å². The Hall–Kier alpha value is -2.84. The van der Waals surface area contributed by atoms with E-state index in [2.05, 4.69) is 6.58 Å². The molecule has 1 heterocycles. The molecule has 37 heavy (non-hydrogen) atoms. The van der Waals surface area contributed by atoms with Gasteiger partial charge >= 0.3 is 0 Å². The van der Waals surface area contributed by atoms with Crippen LogP contribution in [0.15, 0.2) is 104 Å². The van der Waals surface area contributed by atoms with E-state index in [9.17, 15) is 0 Å². The number of ether oxygens (including phenoxy) is 6. The second-order valence-corrected chi connectivity index (χ2v) is 8.89. The predicted octanol–water partition coefficient (Wildman–Crippen LogP) is 5.32. The van der Waals surface area contributed by atoms with E-state index in [-0.39, 0.29) is 0 Å². The zero-order valence-corrected chi connectivity index (χ0v) is 21.3. The Bertz CT molecular complexity index is 1030. The van der Waals surface area contributed by atoms with Gasteiger partial charge in [-0.15, -0.1) is 6.58 Å². The molecule has 1 aliphatic heterocycles. The van der Waals surface area contributed by atoms with Crippen LogP contribution in [0.4, 0.5) is 0 Å². The summed E-state index contributed by atoms with van der Waals surface area (Å²) >= 11 is 0. The Morgan fingerprint density at radius 3 is 1.70 bits per heavy atom. The molecular weight excluding hydrogens is 468 g/mol. The summed E-state index contributed by atoms with van der Waals surface area (Å²) in [5.41, 5.74) is 3.20. The van der Waals surface area contributed by atoms with Crippen molar-refractivity contribution in [3.05, 3.63) is 120 Å².